The first kappa shape index (κ1) is 16.4. The van der Waals surface area contributed by atoms with Gasteiger partial charge in [-0.05, 0) is 18.2 Å². The largest absolute Gasteiger partial charge is 0.481 e. The summed E-state index contributed by atoms with van der Waals surface area (Å²) in [5, 5.41) is 17.4. The smallest absolute Gasteiger partial charge is 0.300 e. The van der Waals surface area contributed by atoms with Crippen LogP contribution in [0, 0.1) is 18.4 Å². The lowest BCUT2D eigenvalue weighted by Gasteiger charge is -2.06. The number of aliphatic carboxylic acids is 1. The van der Waals surface area contributed by atoms with E-state index >= 15 is 0 Å². The topological polar surface area (TPSA) is 57.5 Å². The minimum absolute atomic E-state index is 0.0185. The number of hydrogen-bond donors (Lipinski definition) is 2. The van der Waals surface area contributed by atoms with Crippen LogP contribution < -0.4 is 5.19 Å². The lowest BCUT2D eigenvalue weighted by atomic mass is 10.2. The van der Waals surface area contributed by atoms with Crippen LogP contribution in [0.25, 0.3) is 0 Å². The van der Waals surface area contributed by atoms with Crippen molar-refractivity contribution in [2.75, 3.05) is 6.61 Å². The van der Waals surface area contributed by atoms with Gasteiger partial charge in [0.05, 0.1) is 0 Å². The summed E-state index contributed by atoms with van der Waals surface area (Å²) in [5.74, 6) is 1.95. The SMILES string of the molecule is CC(=O)O.CC[SiH](C#CCO)c1ccc(C)cc1. The van der Waals surface area contributed by atoms with Gasteiger partial charge < -0.3 is 10.2 Å². The molecule has 2 N–H and O–H groups in total. The summed E-state index contributed by atoms with van der Waals surface area (Å²) in [6, 6.07) is 9.72. The molecule has 3 nitrogen and oxygen atoms in total. The van der Waals surface area contributed by atoms with Gasteiger partial charge in [-0.3, -0.25) is 4.79 Å². The van der Waals surface area contributed by atoms with E-state index < -0.39 is 14.8 Å². The summed E-state index contributed by atoms with van der Waals surface area (Å²) in [4.78, 5) is 9.00. The van der Waals surface area contributed by atoms with E-state index in [0.29, 0.717) is 0 Å². The van der Waals surface area contributed by atoms with Gasteiger partial charge in [-0.25, -0.2) is 0 Å². The highest BCUT2D eigenvalue weighted by Gasteiger charge is 2.06. The molecule has 0 amide bonds. The van der Waals surface area contributed by atoms with Gasteiger partial charge in [-0.1, -0.05) is 42.7 Å². The van der Waals surface area contributed by atoms with Gasteiger partial charge in [-0.15, -0.1) is 5.54 Å². The van der Waals surface area contributed by atoms with Crippen LogP contribution in [0.2, 0.25) is 6.04 Å². The molecule has 0 spiro atoms. The second-order valence-electron chi connectivity index (χ2n) is 3.87. The Morgan fingerprint density at radius 1 is 1.33 bits per heavy atom. The summed E-state index contributed by atoms with van der Waals surface area (Å²) >= 11 is 0. The first-order chi connectivity index (χ1) is 8.51. The van der Waals surface area contributed by atoms with Crippen LogP contribution in [0.4, 0.5) is 0 Å². The predicted octanol–water partition coefficient (Wildman–Crippen LogP) is 1.07. The fourth-order valence-corrected chi connectivity index (χ4v) is 3.23. The number of aliphatic hydroxyl groups excluding tert-OH is 1. The molecule has 0 radical (unpaired) electrons. The normalized spacial score (nSPS) is 10.4. The van der Waals surface area contributed by atoms with Crippen molar-refractivity contribution in [3.63, 3.8) is 0 Å². The van der Waals surface area contributed by atoms with E-state index in [0.717, 1.165) is 13.0 Å². The number of rotatable bonds is 2. The Kier molecular flexibility index (Phi) is 8.63. The Hall–Kier alpha value is -1.57. The third-order valence-electron chi connectivity index (χ3n) is 2.24. The molecule has 98 valence electrons. The maximum atomic E-state index is 9.00. The molecule has 0 aliphatic carbocycles. The Labute approximate surface area is 110 Å². The highest BCUT2D eigenvalue weighted by Crippen LogP contribution is 1.97. The third kappa shape index (κ3) is 7.66. The number of benzene rings is 1. The van der Waals surface area contributed by atoms with Crippen LogP contribution in [0.15, 0.2) is 24.3 Å². The van der Waals surface area contributed by atoms with Crippen molar-refractivity contribution in [3.05, 3.63) is 29.8 Å². The van der Waals surface area contributed by atoms with Crippen molar-refractivity contribution in [2.45, 2.75) is 26.8 Å². The summed E-state index contributed by atoms with van der Waals surface area (Å²) in [5.41, 5.74) is 4.48. The van der Waals surface area contributed by atoms with E-state index in [1.165, 1.54) is 10.8 Å². The molecule has 0 fully saturated rings. The Morgan fingerprint density at radius 3 is 2.22 bits per heavy atom. The highest BCUT2D eigenvalue weighted by molar-refractivity contribution is 6.80. The molecule has 0 saturated carbocycles. The van der Waals surface area contributed by atoms with Crippen LogP contribution in [-0.2, 0) is 4.79 Å². The summed E-state index contributed by atoms with van der Waals surface area (Å²) in [7, 11) is -1.13. The van der Waals surface area contributed by atoms with Gasteiger partial charge in [0, 0.05) is 6.92 Å². The van der Waals surface area contributed by atoms with Crippen molar-refractivity contribution in [1.29, 1.82) is 0 Å². The van der Waals surface area contributed by atoms with Gasteiger partial charge in [0.2, 0.25) is 0 Å². The zero-order valence-corrected chi connectivity index (χ0v) is 12.3. The van der Waals surface area contributed by atoms with Gasteiger partial charge in [0.1, 0.15) is 6.61 Å². The Balaban J connectivity index is 0.000000631. The van der Waals surface area contributed by atoms with Crippen molar-refractivity contribution < 1.29 is 15.0 Å². The molecule has 0 aliphatic rings. The standard InChI is InChI=1S/C12H16OSi.C2H4O2/c1-3-14(10-4-9-13)12-7-5-11(2)6-8-12;1-2(3)4/h5-8,13-14H,3,9H2,1-2H3;1H3,(H,3,4). The van der Waals surface area contributed by atoms with E-state index in [9.17, 15) is 0 Å². The number of carbonyl (C=O) groups is 1. The first-order valence-corrected chi connectivity index (χ1v) is 7.83. The lowest BCUT2D eigenvalue weighted by Crippen LogP contribution is -2.27. The van der Waals surface area contributed by atoms with E-state index in [-0.39, 0.29) is 6.61 Å². The predicted molar refractivity (Wildman–Crippen MR) is 76.6 cm³/mol. The quantitative estimate of drug-likeness (QED) is 0.621. The highest BCUT2D eigenvalue weighted by atomic mass is 28.3. The van der Waals surface area contributed by atoms with Crippen LogP contribution >= 0.6 is 0 Å². The van der Waals surface area contributed by atoms with E-state index in [1.54, 1.807) is 0 Å². The summed E-state index contributed by atoms with van der Waals surface area (Å²) in [6.45, 7) is 5.32. The molecule has 1 unspecified atom stereocenters. The molecular formula is C14H20O3Si. The number of aryl methyl sites for hydroxylation is 1. The van der Waals surface area contributed by atoms with Gasteiger partial charge in [0.25, 0.3) is 5.97 Å². The molecule has 4 heteroatoms. The summed E-state index contributed by atoms with van der Waals surface area (Å²) in [6.07, 6.45) is 0. The number of hydrogen-bond acceptors (Lipinski definition) is 2. The van der Waals surface area contributed by atoms with Gasteiger partial charge in [-0.2, -0.15) is 0 Å². The molecule has 1 aromatic rings. The van der Waals surface area contributed by atoms with E-state index in [2.05, 4.69) is 49.6 Å². The van der Waals surface area contributed by atoms with Gasteiger partial charge in [0.15, 0.2) is 8.80 Å². The Bertz CT molecular complexity index is 411. The molecule has 0 heterocycles. The van der Waals surface area contributed by atoms with Crippen molar-refractivity contribution in [1.82, 2.24) is 0 Å². The van der Waals surface area contributed by atoms with Gasteiger partial charge >= 0.3 is 0 Å². The minimum Gasteiger partial charge on any atom is -0.481 e. The maximum Gasteiger partial charge on any atom is 0.300 e. The second-order valence-corrected chi connectivity index (χ2v) is 6.75. The Morgan fingerprint density at radius 2 is 1.83 bits per heavy atom. The molecule has 0 saturated heterocycles. The average molecular weight is 264 g/mol. The van der Waals surface area contributed by atoms with Crippen LogP contribution in [0.1, 0.15) is 19.4 Å². The zero-order valence-electron chi connectivity index (χ0n) is 11.1. The zero-order chi connectivity index (χ0) is 14.0. The number of carboxylic acids is 1. The van der Waals surface area contributed by atoms with Crippen LogP contribution in [0.3, 0.4) is 0 Å². The van der Waals surface area contributed by atoms with Crippen LogP contribution in [0.5, 0.6) is 0 Å². The molecule has 0 aliphatic heterocycles. The number of carboxylic acid groups (broad SMARTS) is 1. The number of aliphatic hydroxyl groups is 1. The van der Waals surface area contributed by atoms with E-state index in [1.807, 2.05) is 0 Å². The second kappa shape index (κ2) is 9.46. The molecule has 18 heavy (non-hydrogen) atoms. The molecular weight excluding hydrogens is 244 g/mol. The maximum absolute atomic E-state index is 9.00. The fraction of sp³-hybridized carbons (Fsp3) is 0.357. The van der Waals surface area contributed by atoms with Crippen molar-refractivity contribution in [2.24, 2.45) is 0 Å². The van der Waals surface area contributed by atoms with Crippen LogP contribution in [-0.4, -0.2) is 31.6 Å². The van der Waals surface area contributed by atoms with E-state index in [4.69, 9.17) is 15.0 Å². The first-order valence-electron chi connectivity index (χ1n) is 5.86. The molecule has 0 bridgehead atoms. The molecule has 1 rings (SSSR count). The van der Waals surface area contributed by atoms with Crippen molar-refractivity contribution >= 4 is 20.0 Å². The average Bonchev–Trinajstić information content (AvgIpc) is 2.31. The monoisotopic (exact) mass is 264 g/mol. The molecule has 1 atom stereocenters. The third-order valence-corrected chi connectivity index (χ3v) is 4.80. The molecule has 1 aromatic carbocycles. The molecule has 0 aromatic heterocycles. The van der Waals surface area contributed by atoms with Crippen molar-refractivity contribution in [3.8, 4) is 11.5 Å². The minimum atomic E-state index is -1.13. The summed E-state index contributed by atoms with van der Waals surface area (Å²) < 4.78 is 0. The lowest BCUT2D eigenvalue weighted by molar-refractivity contribution is -0.134. The fourth-order valence-electron chi connectivity index (χ4n) is 1.39.